The quantitative estimate of drug-likeness (QED) is 0.742. The van der Waals surface area contributed by atoms with Gasteiger partial charge in [-0.1, -0.05) is 25.7 Å². The first-order chi connectivity index (χ1) is 8.42. The van der Waals surface area contributed by atoms with Crippen molar-refractivity contribution in [3.8, 4) is 0 Å². The van der Waals surface area contributed by atoms with Gasteiger partial charge in [-0.3, -0.25) is 0 Å². The molecule has 2 heteroatoms. The van der Waals surface area contributed by atoms with Gasteiger partial charge in [-0.2, -0.15) is 0 Å². The van der Waals surface area contributed by atoms with Gasteiger partial charge >= 0.3 is 0 Å². The Hall–Kier alpha value is -0.0800. The minimum absolute atomic E-state index is 0.861. The molecule has 2 aliphatic heterocycles. The zero-order valence-electron chi connectivity index (χ0n) is 11.2. The molecule has 2 atom stereocenters. The average molecular weight is 236 g/mol. The highest BCUT2D eigenvalue weighted by atomic mass is 15.2. The predicted molar refractivity (Wildman–Crippen MR) is 72.1 cm³/mol. The van der Waals surface area contributed by atoms with Crippen LogP contribution in [-0.4, -0.2) is 37.1 Å². The molecule has 0 aromatic rings. The van der Waals surface area contributed by atoms with Crippen molar-refractivity contribution in [2.24, 2.45) is 11.8 Å². The van der Waals surface area contributed by atoms with Gasteiger partial charge in [0.15, 0.2) is 0 Å². The van der Waals surface area contributed by atoms with Crippen molar-refractivity contribution in [3.05, 3.63) is 0 Å². The second-order valence-corrected chi connectivity index (χ2v) is 6.52. The third kappa shape index (κ3) is 3.03. The lowest BCUT2D eigenvalue weighted by Crippen LogP contribution is -2.45. The van der Waals surface area contributed by atoms with E-state index in [0.29, 0.717) is 0 Å². The molecule has 0 radical (unpaired) electrons. The fourth-order valence-corrected chi connectivity index (χ4v) is 4.20. The maximum Gasteiger partial charge on any atom is 0.0120 e. The van der Waals surface area contributed by atoms with Gasteiger partial charge in [-0.05, 0) is 50.6 Å². The Kier molecular flexibility index (Phi) is 4.02. The minimum atomic E-state index is 0.861. The Morgan fingerprint density at radius 1 is 0.941 bits per heavy atom. The number of rotatable bonds is 2. The van der Waals surface area contributed by atoms with Gasteiger partial charge in [0.25, 0.3) is 0 Å². The molecule has 0 spiro atoms. The maximum absolute atomic E-state index is 3.67. The molecular weight excluding hydrogens is 208 g/mol. The van der Waals surface area contributed by atoms with Crippen molar-refractivity contribution < 1.29 is 0 Å². The summed E-state index contributed by atoms with van der Waals surface area (Å²) < 4.78 is 0. The first-order valence-electron chi connectivity index (χ1n) is 7.87. The van der Waals surface area contributed by atoms with Gasteiger partial charge in [0, 0.05) is 19.1 Å². The lowest BCUT2D eigenvalue weighted by atomic mass is 9.91. The fourth-order valence-electron chi connectivity index (χ4n) is 4.20. The molecule has 3 fully saturated rings. The maximum atomic E-state index is 3.67. The summed E-state index contributed by atoms with van der Waals surface area (Å²) in [7, 11) is 0. The van der Waals surface area contributed by atoms with Crippen LogP contribution in [0.2, 0.25) is 0 Å². The van der Waals surface area contributed by atoms with Crippen LogP contribution in [-0.2, 0) is 0 Å². The van der Waals surface area contributed by atoms with Crippen LogP contribution >= 0.6 is 0 Å². The SMILES string of the molecule is C1CCCC(CN2CCC3NCCC3C2)CC1. The number of hydrogen-bond acceptors (Lipinski definition) is 2. The van der Waals surface area contributed by atoms with E-state index < -0.39 is 0 Å². The first kappa shape index (κ1) is 12.0. The van der Waals surface area contributed by atoms with Gasteiger partial charge in [0.1, 0.15) is 0 Å². The van der Waals surface area contributed by atoms with E-state index in [-0.39, 0.29) is 0 Å². The number of hydrogen-bond donors (Lipinski definition) is 1. The summed E-state index contributed by atoms with van der Waals surface area (Å²) in [6.07, 6.45) is 11.8. The van der Waals surface area contributed by atoms with Gasteiger partial charge in [0.05, 0.1) is 0 Å². The summed E-state index contributed by atoms with van der Waals surface area (Å²) in [5, 5.41) is 3.67. The molecule has 1 aliphatic carbocycles. The second kappa shape index (κ2) is 5.71. The molecule has 2 unspecified atom stereocenters. The molecule has 98 valence electrons. The van der Waals surface area contributed by atoms with Gasteiger partial charge in [-0.25, -0.2) is 0 Å². The topological polar surface area (TPSA) is 15.3 Å². The summed E-state index contributed by atoms with van der Waals surface area (Å²) in [4.78, 5) is 2.78. The van der Waals surface area contributed by atoms with E-state index in [9.17, 15) is 0 Å². The summed E-state index contributed by atoms with van der Waals surface area (Å²) in [6.45, 7) is 5.41. The molecule has 17 heavy (non-hydrogen) atoms. The molecule has 2 heterocycles. The highest BCUT2D eigenvalue weighted by Gasteiger charge is 2.33. The van der Waals surface area contributed by atoms with E-state index in [4.69, 9.17) is 0 Å². The normalized spacial score (nSPS) is 36.7. The van der Waals surface area contributed by atoms with Crippen LogP contribution in [0, 0.1) is 11.8 Å². The molecule has 1 saturated carbocycles. The van der Waals surface area contributed by atoms with E-state index in [1.807, 2.05) is 0 Å². The van der Waals surface area contributed by atoms with E-state index in [1.54, 1.807) is 0 Å². The summed E-state index contributed by atoms with van der Waals surface area (Å²) in [5.74, 6) is 1.98. The monoisotopic (exact) mass is 236 g/mol. The van der Waals surface area contributed by atoms with Gasteiger partial charge < -0.3 is 10.2 Å². The van der Waals surface area contributed by atoms with Crippen LogP contribution in [0.3, 0.4) is 0 Å². The molecule has 2 saturated heterocycles. The van der Waals surface area contributed by atoms with Gasteiger partial charge in [-0.15, -0.1) is 0 Å². The number of likely N-dealkylation sites (tertiary alicyclic amines) is 1. The van der Waals surface area contributed by atoms with Crippen LogP contribution in [0.25, 0.3) is 0 Å². The lowest BCUT2D eigenvalue weighted by molar-refractivity contribution is 0.137. The van der Waals surface area contributed by atoms with E-state index in [2.05, 4.69) is 10.2 Å². The zero-order valence-corrected chi connectivity index (χ0v) is 11.2. The summed E-state index contributed by atoms with van der Waals surface area (Å²) in [5.41, 5.74) is 0. The molecule has 0 aromatic heterocycles. The average Bonchev–Trinajstić information content (AvgIpc) is 2.65. The van der Waals surface area contributed by atoms with Crippen molar-refractivity contribution in [1.29, 1.82) is 0 Å². The molecule has 0 aromatic carbocycles. The summed E-state index contributed by atoms with van der Waals surface area (Å²) in [6, 6.07) is 0.861. The first-order valence-corrected chi connectivity index (χ1v) is 7.87. The number of nitrogens with zero attached hydrogens (tertiary/aromatic N) is 1. The Morgan fingerprint density at radius 2 is 1.76 bits per heavy atom. The van der Waals surface area contributed by atoms with Crippen molar-refractivity contribution in [3.63, 3.8) is 0 Å². The lowest BCUT2D eigenvalue weighted by Gasteiger charge is -2.36. The number of fused-ring (bicyclic) bond motifs is 1. The van der Waals surface area contributed by atoms with Crippen molar-refractivity contribution >= 4 is 0 Å². The third-order valence-corrected chi connectivity index (χ3v) is 5.23. The molecule has 2 nitrogen and oxygen atoms in total. The molecule has 3 aliphatic rings. The zero-order chi connectivity index (χ0) is 11.5. The van der Waals surface area contributed by atoms with E-state index >= 15 is 0 Å². The van der Waals surface area contributed by atoms with Crippen LogP contribution in [0.4, 0.5) is 0 Å². The smallest absolute Gasteiger partial charge is 0.0120 e. The third-order valence-electron chi connectivity index (χ3n) is 5.23. The van der Waals surface area contributed by atoms with Gasteiger partial charge in [0.2, 0.25) is 0 Å². The highest BCUT2D eigenvalue weighted by molar-refractivity contribution is 4.90. The molecule has 3 rings (SSSR count). The van der Waals surface area contributed by atoms with E-state index in [0.717, 1.165) is 17.9 Å². The molecular formula is C15H28N2. The van der Waals surface area contributed by atoms with Crippen molar-refractivity contribution in [2.45, 2.75) is 57.4 Å². The van der Waals surface area contributed by atoms with Crippen molar-refractivity contribution in [2.75, 3.05) is 26.2 Å². The Labute approximate surface area is 106 Å². The van der Waals surface area contributed by atoms with Crippen LogP contribution in [0.1, 0.15) is 51.4 Å². The minimum Gasteiger partial charge on any atom is -0.314 e. The predicted octanol–water partition coefficient (Wildman–Crippen LogP) is 2.64. The standard InChI is InChI=1S/C15H28N2/c1-2-4-6-13(5-3-1)11-17-10-8-15-14(12-17)7-9-16-15/h13-16H,1-12H2. The van der Waals surface area contributed by atoms with Crippen molar-refractivity contribution in [1.82, 2.24) is 10.2 Å². The van der Waals surface area contributed by atoms with Crippen LogP contribution < -0.4 is 5.32 Å². The number of piperidine rings is 1. The number of nitrogens with one attached hydrogen (secondary N) is 1. The fraction of sp³-hybridized carbons (Fsp3) is 1.00. The Morgan fingerprint density at radius 3 is 2.59 bits per heavy atom. The Balaban J connectivity index is 1.48. The highest BCUT2D eigenvalue weighted by Crippen LogP contribution is 2.28. The molecule has 0 amide bonds. The van der Waals surface area contributed by atoms with Crippen LogP contribution in [0.15, 0.2) is 0 Å². The largest absolute Gasteiger partial charge is 0.314 e. The summed E-state index contributed by atoms with van der Waals surface area (Å²) >= 11 is 0. The molecule has 1 N–H and O–H groups in total. The Bertz CT molecular complexity index is 233. The van der Waals surface area contributed by atoms with Crippen LogP contribution in [0.5, 0.6) is 0 Å². The van der Waals surface area contributed by atoms with E-state index in [1.165, 1.54) is 77.5 Å². The molecule has 0 bridgehead atoms. The second-order valence-electron chi connectivity index (χ2n) is 6.52.